The minimum atomic E-state index is 0.0161. The first kappa shape index (κ1) is 21.9. The number of aromatic nitrogens is 3. The molecule has 4 heterocycles. The molecule has 3 fully saturated rings. The van der Waals surface area contributed by atoms with Crippen molar-refractivity contribution in [1.29, 1.82) is 0 Å². The summed E-state index contributed by atoms with van der Waals surface area (Å²) < 4.78 is 11.4. The Morgan fingerprint density at radius 1 is 0.970 bits per heavy atom. The highest BCUT2D eigenvalue weighted by atomic mass is 16.5. The summed E-state index contributed by atoms with van der Waals surface area (Å²) in [6.07, 6.45) is 6.52. The Labute approximate surface area is 194 Å². The number of amides is 1. The molecule has 0 bridgehead atoms. The molecule has 0 atom stereocenters. The van der Waals surface area contributed by atoms with Crippen LogP contribution in [0.3, 0.4) is 0 Å². The summed E-state index contributed by atoms with van der Waals surface area (Å²) in [6, 6.07) is 5.70. The third-order valence-electron chi connectivity index (χ3n) is 6.61. The Bertz CT molecular complexity index is 949. The van der Waals surface area contributed by atoms with Crippen LogP contribution in [0.15, 0.2) is 24.4 Å². The lowest BCUT2D eigenvalue weighted by molar-refractivity contribution is 0.0746. The number of anilines is 2. The van der Waals surface area contributed by atoms with E-state index in [9.17, 15) is 4.79 Å². The van der Waals surface area contributed by atoms with Crippen molar-refractivity contribution in [3.8, 4) is 5.88 Å². The maximum Gasteiger partial charge on any atom is 0.255 e. The number of carbonyl (C=O) groups is 1. The number of hydrogen-bond acceptors (Lipinski definition) is 8. The summed E-state index contributed by atoms with van der Waals surface area (Å²) >= 11 is 0. The van der Waals surface area contributed by atoms with Gasteiger partial charge >= 0.3 is 0 Å². The first-order chi connectivity index (χ1) is 16.2. The van der Waals surface area contributed by atoms with E-state index in [1.54, 1.807) is 6.20 Å². The zero-order valence-electron chi connectivity index (χ0n) is 19.3. The highest BCUT2D eigenvalue weighted by molar-refractivity contribution is 5.94. The molecule has 2 aromatic heterocycles. The van der Waals surface area contributed by atoms with Gasteiger partial charge in [0.2, 0.25) is 5.88 Å². The van der Waals surface area contributed by atoms with Crippen molar-refractivity contribution < 1.29 is 14.3 Å². The van der Waals surface area contributed by atoms with Crippen LogP contribution in [0.25, 0.3) is 0 Å². The average molecular weight is 453 g/mol. The molecule has 0 aromatic carbocycles. The number of nitrogens with zero attached hydrogens (tertiary/aromatic N) is 6. The maximum atomic E-state index is 13.0. The van der Waals surface area contributed by atoms with E-state index in [4.69, 9.17) is 9.47 Å². The highest BCUT2D eigenvalue weighted by Gasteiger charge is 2.25. The average Bonchev–Trinajstić information content (AvgIpc) is 3.37. The molecule has 2 saturated heterocycles. The topological polar surface area (TPSA) is 83.9 Å². The summed E-state index contributed by atoms with van der Waals surface area (Å²) in [5.41, 5.74) is 0.606. The standard InChI is InChI=1S/C24H32N6O3/c1-18-26-21(16-22(27-18)29-12-14-32-15-13-29)28-8-10-30(11-9-28)24(31)19-6-7-23(25-17-19)33-20-4-2-3-5-20/h6-7,16-17,20H,2-5,8-15H2,1H3. The zero-order chi connectivity index (χ0) is 22.6. The highest BCUT2D eigenvalue weighted by Crippen LogP contribution is 2.24. The Hall–Kier alpha value is -2.94. The summed E-state index contributed by atoms with van der Waals surface area (Å²) in [6.45, 7) is 7.84. The van der Waals surface area contributed by atoms with Gasteiger partial charge in [-0.1, -0.05) is 0 Å². The van der Waals surface area contributed by atoms with Crippen LogP contribution in [0.2, 0.25) is 0 Å². The Balaban J connectivity index is 1.18. The molecule has 176 valence electrons. The molecule has 2 aliphatic heterocycles. The van der Waals surface area contributed by atoms with Crippen LogP contribution >= 0.6 is 0 Å². The van der Waals surface area contributed by atoms with Gasteiger partial charge in [-0.15, -0.1) is 0 Å². The van der Waals surface area contributed by atoms with Crippen LogP contribution in [0, 0.1) is 6.92 Å². The van der Waals surface area contributed by atoms with Crippen LogP contribution in [-0.4, -0.2) is 84.3 Å². The van der Waals surface area contributed by atoms with Gasteiger partial charge in [-0.25, -0.2) is 15.0 Å². The third kappa shape index (κ3) is 5.19. The molecular weight excluding hydrogens is 420 g/mol. The Morgan fingerprint density at radius 3 is 2.27 bits per heavy atom. The van der Waals surface area contributed by atoms with Gasteiger partial charge in [0, 0.05) is 57.6 Å². The normalized spacial score (nSPS) is 19.7. The van der Waals surface area contributed by atoms with E-state index in [0.717, 1.165) is 69.7 Å². The SMILES string of the molecule is Cc1nc(N2CCOCC2)cc(N2CCN(C(=O)c3ccc(OC4CCCC4)nc3)CC2)n1. The van der Waals surface area contributed by atoms with E-state index in [-0.39, 0.29) is 12.0 Å². The number of ether oxygens (including phenoxy) is 2. The lowest BCUT2D eigenvalue weighted by Gasteiger charge is -2.36. The number of aryl methyl sites for hydroxylation is 1. The molecule has 0 N–H and O–H groups in total. The van der Waals surface area contributed by atoms with E-state index in [2.05, 4.69) is 30.8 Å². The molecule has 1 aliphatic carbocycles. The fraction of sp³-hybridized carbons (Fsp3) is 0.583. The second-order valence-electron chi connectivity index (χ2n) is 8.92. The summed E-state index contributed by atoms with van der Waals surface area (Å²) in [5.74, 6) is 3.26. The largest absolute Gasteiger partial charge is 0.474 e. The third-order valence-corrected chi connectivity index (χ3v) is 6.61. The van der Waals surface area contributed by atoms with Crippen LogP contribution < -0.4 is 14.5 Å². The summed E-state index contributed by atoms with van der Waals surface area (Å²) in [5, 5.41) is 0. The fourth-order valence-corrected chi connectivity index (χ4v) is 4.73. The summed E-state index contributed by atoms with van der Waals surface area (Å²) in [7, 11) is 0. The van der Waals surface area contributed by atoms with Crippen molar-refractivity contribution in [1.82, 2.24) is 19.9 Å². The number of pyridine rings is 1. The predicted molar refractivity (Wildman–Crippen MR) is 125 cm³/mol. The Morgan fingerprint density at radius 2 is 1.64 bits per heavy atom. The molecule has 1 amide bonds. The van der Waals surface area contributed by atoms with Crippen molar-refractivity contribution in [3.63, 3.8) is 0 Å². The van der Waals surface area contributed by atoms with Gasteiger partial charge in [0.25, 0.3) is 5.91 Å². The van der Waals surface area contributed by atoms with Gasteiger partial charge in [-0.05, 0) is 38.7 Å². The van der Waals surface area contributed by atoms with E-state index < -0.39 is 0 Å². The van der Waals surface area contributed by atoms with Crippen molar-refractivity contribution in [2.75, 3.05) is 62.3 Å². The first-order valence-electron chi connectivity index (χ1n) is 12.0. The number of morpholine rings is 1. The molecule has 0 radical (unpaired) electrons. The van der Waals surface area contributed by atoms with Crippen LogP contribution in [0.1, 0.15) is 41.9 Å². The number of piperazine rings is 1. The molecule has 5 rings (SSSR count). The van der Waals surface area contributed by atoms with E-state index in [0.29, 0.717) is 24.5 Å². The predicted octanol–water partition coefficient (Wildman–Crippen LogP) is 2.30. The van der Waals surface area contributed by atoms with E-state index in [1.807, 2.05) is 24.0 Å². The zero-order valence-corrected chi connectivity index (χ0v) is 19.3. The molecule has 3 aliphatic rings. The van der Waals surface area contributed by atoms with Crippen molar-refractivity contribution >= 4 is 17.5 Å². The molecule has 2 aromatic rings. The van der Waals surface area contributed by atoms with Crippen LogP contribution in [-0.2, 0) is 4.74 Å². The van der Waals surface area contributed by atoms with Crippen LogP contribution in [0.5, 0.6) is 5.88 Å². The minimum absolute atomic E-state index is 0.0161. The van der Waals surface area contributed by atoms with Gasteiger partial charge < -0.3 is 24.2 Å². The number of carbonyl (C=O) groups excluding carboxylic acids is 1. The molecule has 0 unspecified atom stereocenters. The lowest BCUT2D eigenvalue weighted by Crippen LogP contribution is -2.49. The lowest BCUT2D eigenvalue weighted by atomic mass is 10.2. The van der Waals surface area contributed by atoms with Crippen molar-refractivity contribution in [2.45, 2.75) is 38.7 Å². The van der Waals surface area contributed by atoms with Gasteiger partial charge in [0.15, 0.2) is 0 Å². The van der Waals surface area contributed by atoms with Crippen LogP contribution in [0.4, 0.5) is 11.6 Å². The Kier molecular flexibility index (Phi) is 6.57. The van der Waals surface area contributed by atoms with Gasteiger partial charge in [-0.2, -0.15) is 0 Å². The molecule has 33 heavy (non-hydrogen) atoms. The number of rotatable bonds is 5. The molecule has 9 heteroatoms. The van der Waals surface area contributed by atoms with Crippen molar-refractivity contribution in [3.05, 3.63) is 35.8 Å². The first-order valence-corrected chi connectivity index (χ1v) is 12.0. The van der Waals surface area contributed by atoms with Crippen molar-refractivity contribution in [2.24, 2.45) is 0 Å². The fourth-order valence-electron chi connectivity index (χ4n) is 4.73. The molecule has 0 spiro atoms. The van der Waals surface area contributed by atoms with E-state index in [1.165, 1.54) is 12.8 Å². The summed E-state index contributed by atoms with van der Waals surface area (Å²) in [4.78, 5) is 33.0. The van der Waals surface area contributed by atoms with Gasteiger partial charge in [0.05, 0.1) is 18.8 Å². The monoisotopic (exact) mass is 452 g/mol. The molecule has 9 nitrogen and oxygen atoms in total. The second kappa shape index (κ2) is 9.91. The number of hydrogen-bond donors (Lipinski definition) is 0. The molecular formula is C24H32N6O3. The van der Waals surface area contributed by atoms with Gasteiger partial charge in [-0.3, -0.25) is 4.79 Å². The minimum Gasteiger partial charge on any atom is -0.474 e. The maximum absolute atomic E-state index is 13.0. The molecule has 1 saturated carbocycles. The van der Waals surface area contributed by atoms with E-state index >= 15 is 0 Å². The second-order valence-corrected chi connectivity index (χ2v) is 8.92. The quantitative estimate of drug-likeness (QED) is 0.683. The smallest absolute Gasteiger partial charge is 0.255 e. The van der Waals surface area contributed by atoms with Gasteiger partial charge in [0.1, 0.15) is 23.6 Å².